The van der Waals surface area contributed by atoms with E-state index in [1.807, 2.05) is 6.08 Å². The molecular formula is C19H20N4O3. The summed E-state index contributed by atoms with van der Waals surface area (Å²) in [5.41, 5.74) is 5.69. The molecule has 2 amide bonds. The van der Waals surface area contributed by atoms with Gasteiger partial charge in [-0.25, -0.2) is 4.98 Å². The Balaban J connectivity index is 1.47. The minimum absolute atomic E-state index is 0.0626. The maximum Gasteiger partial charge on any atom is 0.269 e. The summed E-state index contributed by atoms with van der Waals surface area (Å²) in [6, 6.07) is 4.79. The normalized spacial score (nSPS) is 18.1. The summed E-state index contributed by atoms with van der Waals surface area (Å²) in [6.45, 7) is 0.696. The van der Waals surface area contributed by atoms with E-state index in [4.69, 9.17) is 0 Å². The molecule has 0 spiro atoms. The number of amides is 2. The van der Waals surface area contributed by atoms with Crippen LogP contribution >= 0.6 is 0 Å². The maximum atomic E-state index is 12.4. The number of allylic oxidation sites excluding steroid dienone is 2. The van der Waals surface area contributed by atoms with Crippen molar-refractivity contribution in [3.8, 4) is 0 Å². The zero-order valence-corrected chi connectivity index (χ0v) is 14.3. The van der Waals surface area contributed by atoms with Gasteiger partial charge in [0.25, 0.3) is 11.5 Å². The van der Waals surface area contributed by atoms with Crippen LogP contribution in [0, 0.1) is 5.92 Å². The molecule has 2 heterocycles. The molecular weight excluding hydrogens is 332 g/mol. The summed E-state index contributed by atoms with van der Waals surface area (Å²) in [5.74, 6) is 0.360. The number of fused-ring (bicyclic) bond motifs is 2. The first-order valence-electron chi connectivity index (χ1n) is 8.91. The molecule has 134 valence electrons. The Morgan fingerprint density at radius 1 is 1.27 bits per heavy atom. The van der Waals surface area contributed by atoms with Crippen molar-refractivity contribution in [2.24, 2.45) is 5.92 Å². The molecule has 7 nitrogen and oxygen atoms in total. The number of aryl methyl sites for hydroxylation is 1. The van der Waals surface area contributed by atoms with Gasteiger partial charge in [0.2, 0.25) is 5.91 Å². The summed E-state index contributed by atoms with van der Waals surface area (Å²) in [6.07, 6.45) is 8.11. The van der Waals surface area contributed by atoms with Crippen molar-refractivity contribution in [2.75, 3.05) is 0 Å². The van der Waals surface area contributed by atoms with Crippen molar-refractivity contribution in [3.05, 3.63) is 52.1 Å². The van der Waals surface area contributed by atoms with E-state index in [2.05, 4.69) is 21.9 Å². The summed E-state index contributed by atoms with van der Waals surface area (Å²) < 4.78 is 1.69. The second kappa shape index (κ2) is 6.74. The molecule has 1 aliphatic carbocycles. The Morgan fingerprint density at radius 3 is 2.96 bits per heavy atom. The summed E-state index contributed by atoms with van der Waals surface area (Å²) in [7, 11) is 0. The van der Waals surface area contributed by atoms with E-state index in [-0.39, 0.29) is 17.4 Å². The molecule has 26 heavy (non-hydrogen) atoms. The van der Waals surface area contributed by atoms with Crippen LogP contribution in [-0.4, -0.2) is 21.4 Å². The summed E-state index contributed by atoms with van der Waals surface area (Å²) >= 11 is 0. The lowest BCUT2D eigenvalue weighted by atomic mass is 10.1. The molecule has 1 atom stereocenters. The number of carbonyl (C=O) groups is 2. The van der Waals surface area contributed by atoms with Crippen LogP contribution < -0.4 is 16.4 Å². The third-order valence-electron chi connectivity index (χ3n) is 4.95. The third-order valence-corrected chi connectivity index (χ3v) is 4.95. The number of rotatable bonds is 3. The number of hydrazine groups is 1. The highest BCUT2D eigenvalue weighted by molar-refractivity contribution is 5.98. The van der Waals surface area contributed by atoms with E-state index in [1.54, 1.807) is 22.8 Å². The number of nitrogens with one attached hydrogen (secondary N) is 2. The average Bonchev–Trinajstić information content (AvgIpc) is 3.31. The number of nitrogens with zero attached hydrogens (tertiary/aromatic N) is 2. The van der Waals surface area contributed by atoms with Crippen LogP contribution in [0.2, 0.25) is 0 Å². The second-order valence-electron chi connectivity index (χ2n) is 6.79. The fourth-order valence-electron chi connectivity index (χ4n) is 3.58. The third kappa shape index (κ3) is 3.12. The minimum atomic E-state index is -0.426. The van der Waals surface area contributed by atoms with Crippen molar-refractivity contribution in [3.63, 3.8) is 0 Å². The lowest BCUT2D eigenvalue weighted by Crippen LogP contribution is -2.42. The predicted molar refractivity (Wildman–Crippen MR) is 96.4 cm³/mol. The molecule has 7 heteroatoms. The van der Waals surface area contributed by atoms with Gasteiger partial charge >= 0.3 is 0 Å². The van der Waals surface area contributed by atoms with Crippen molar-refractivity contribution >= 4 is 22.7 Å². The topological polar surface area (TPSA) is 93.1 Å². The Hall–Kier alpha value is -2.96. The lowest BCUT2D eigenvalue weighted by molar-refractivity contribution is -0.122. The number of hydrogen-bond acceptors (Lipinski definition) is 4. The monoisotopic (exact) mass is 352 g/mol. The summed E-state index contributed by atoms with van der Waals surface area (Å²) in [4.78, 5) is 41.2. The van der Waals surface area contributed by atoms with E-state index in [0.717, 1.165) is 31.5 Å². The first-order chi connectivity index (χ1) is 12.6. The zero-order valence-electron chi connectivity index (χ0n) is 14.3. The molecule has 1 aliphatic heterocycles. The van der Waals surface area contributed by atoms with Crippen LogP contribution in [0.1, 0.15) is 41.9 Å². The molecule has 2 N–H and O–H groups in total. The van der Waals surface area contributed by atoms with Crippen molar-refractivity contribution < 1.29 is 9.59 Å². The highest BCUT2D eigenvalue weighted by atomic mass is 16.2. The van der Waals surface area contributed by atoms with Gasteiger partial charge in [-0.05, 0) is 43.4 Å². The van der Waals surface area contributed by atoms with Gasteiger partial charge in [0.05, 0.1) is 10.9 Å². The van der Waals surface area contributed by atoms with Gasteiger partial charge in [-0.2, -0.15) is 0 Å². The van der Waals surface area contributed by atoms with E-state index < -0.39 is 5.91 Å². The standard InChI is InChI=1S/C19H20N4O3/c24-17(10-12-4-1-2-5-12)21-22-18(25)13-7-8-14-15(11-13)20-16-6-3-9-23(16)19(14)26/h1,4,7-8,11-12H,2-3,5-6,9-10H2,(H,21,24)(H,22,25)/t12-/m1/s1. The molecule has 1 aromatic carbocycles. The van der Waals surface area contributed by atoms with Gasteiger partial charge in [-0.15, -0.1) is 0 Å². The zero-order chi connectivity index (χ0) is 18.1. The second-order valence-corrected chi connectivity index (χ2v) is 6.79. The predicted octanol–water partition coefficient (Wildman–Crippen LogP) is 1.46. The fourth-order valence-corrected chi connectivity index (χ4v) is 3.58. The molecule has 0 saturated carbocycles. The van der Waals surface area contributed by atoms with Crippen LogP contribution in [0.3, 0.4) is 0 Å². The van der Waals surface area contributed by atoms with E-state index in [1.165, 1.54) is 0 Å². The number of hydrogen-bond donors (Lipinski definition) is 2. The van der Waals surface area contributed by atoms with Gasteiger partial charge in [0, 0.05) is 24.9 Å². The van der Waals surface area contributed by atoms with Crippen molar-refractivity contribution in [1.29, 1.82) is 0 Å². The van der Waals surface area contributed by atoms with Gasteiger partial charge in [0.1, 0.15) is 5.82 Å². The first kappa shape index (κ1) is 16.5. The van der Waals surface area contributed by atoms with Crippen molar-refractivity contribution in [2.45, 2.75) is 38.6 Å². The largest absolute Gasteiger partial charge is 0.296 e. The minimum Gasteiger partial charge on any atom is -0.296 e. The van der Waals surface area contributed by atoms with Crippen LogP contribution in [-0.2, 0) is 17.8 Å². The quantitative estimate of drug-likeness (QED) is 0.646. The smallest absolute Gasteiger partial charge is 0.269 e. The van der Waals surface area contributed by atoms with Gasteiger partial charge in [-0.3, -0.25) is 29.8 Å². The maximum absolute atomic E-state index is 12.4. The SMILES string of the molecule is O=C(C[C@@H]1C=CCC1)NNC(=O)c1ccc2c(=O)n3c(nc2c1)CCC3. The van der Waals surface area contributed by atoms with Crippen LogP contribution in [0.5, 0.6) is 0 Å². The lowest BCUT2D eigenvalue weighted by Gasteiger charge is -2.10. The van der Waals surface area contributed by atoms with E-state index >= 15 is 0 Å². The number of benzene rings is 1. The molecule has 1 aromatic heterocycles. The van der Waals surface area contributed by atoms with E-state index in [0.29, 0.717) is 29.4 Å². The molecule has 4 rings (SSSR count). The Labute approximate surface area is 150 Å². The van der Waals surface area contributed by atoms with Crippen molar-refractivity contribution in [1.82, 2.24) is 20.4 Å². The molecule has 0 fully saturated rings. The molecule has 2 aliphatic rings. The summed E-state index contributed by atoms with van der Waals surface area (Å²) in [5, 5.41) is 0.504. The molecule has 0 radical (unpaired) electrons. The number of carbonyl (C=O) groups excluding carboxylic acids is 2. The Kier molecular flexibility index (Phi) is 4.28. The van der Waals surface area contributed by atoms with Gasteiger partial charge in [0.15, 0.2) is 0 Å². The highest BCUT2D eigenvalue weighted by Gasteiger charge is 2.18. The van der Waals surface area contributed by atoms with E-state index in [9.17, 15) is 14.4 Å². The van der Waals surface area contributed by atoms with Gasteiger partial charge < -0.3 is 0 Å². The molecule has 0 saturated heterocycles. The molecule has 0 unspecified atom stereocenters. The van der Waals surface area contributed by atoms with Crippen LogP contribution in [0.25, 0.3) is 10.9 Å². The van der Waals surface area contributed by atoms with Crippen LogP contribution in [0.15, 0.2) is 35.1 Å². The Morgan fingerprint density at radius 2 is 2.15 bits per heavy atom. The van der Waals surface area contributed by atoms with Crippen LogP contribution in [0.4, 0.5) is 0 Å². The molecule has 0 bridgehead atoms. The number of aromatic nitrogens is 2. The van der Waals surface area contributed by atoms with Gasteiger partial charge in [-0.1, -0.05) is 12.2 Å². The molecule has 2 aromatic rings. The average molecular weight is 352 g/mol. The highest BCUT2D eigenvalue weighted by Crippen LogP contribution is 2.20. The fraction of sp³-hybridized carbons (Fsp3) is 0.368. The Bertz CT molecular complexity index is 977. The first-order valence-corrected chi connectivity index (χ1v) is 8.91.